The van der Waals surface area contributed by atoms with Crippen LogP contribution in [0.4, 0.5) is 0 Å². The standard InChI is InChI=1S/C8H5NO4.C7H12N2O2S/c10-8-6-3-1-5(2-4-6)7(13-8)9(11)12;1-4(10)12-5-2-6(7(8)11)9-3-5/h1-4,7H;5-6,9H,2-3H2,1H3,(H2,8,11). The van der Waals surface area contributed by atoms with Crippen molar-refractivity contribution in [3.8, 4) is 0 Å². The topological polar surface area (TPSA) is 142 Å². The molecule has 9 nitrogen and oxygen atoms in total. The minimum atomic E-state index is -1.36. The Labute approximate surface area is 147 Å². The van der Waals surface area contributed by atoms with Gasteiger partial charge in [0.25, 0.3) is 0 Å². The van der Waals surface area contributed by atoms with Crippen LogP contribution in [0.15, 0.2) is 24.3 Å². The second kappa shape index (κ2) is 8.08. The average Bonchev–Trinajstić information content (AvgIpc) is 2.88. The number of ether oxygens (including phenoxy) is 1. The van der Waals surface area contributed by atoms with Gasteiger partial charge in [0.2, 0.25) is 5.91 Å². The molecule has 3 aliphatic heterocycles. The Kier molecular flexibility index (Phi) is 6.10. The number of nitrogens with one attached hydrogen (secondary N) is 1. The third kappa shape index (κ3) is 5.00. The lowest BCUT2D eigenvalue weighted by Gasteiger charge is -2.05. The van der Waals surface area contributed by atoms with Crippen LogP contribution >= 0.6 is 11.8 Å². The van der Waals surface area contributed by atoms with E-state index in [0.29, 0.717) is 24.1 Å². The number of nitro groups is 1. The molecule has 3 atom stereocenters. The van der Waals surface area contributed by atoms with Gasteiger partial charge in [-0.3, -0.25) is 19.7 Å². The number of fused-ring (bicyclic) bond motifs is 4. The van der Waals surface area contributed by atoms with Gasteiger partial charge in [0.1, 0.15) is 0 Å². The Morgan fingerprint density at radius 1 is 1.36 bits per heavy atom. The molecule has 0 aromatic heterocycles. The van der Waals surface area contributed by atoms with E-state index < -0.39 is 17.1 Å². The lowest BCUT2D eigenvalue weighted by Crippen LogP contribution is -2.36. The van der Waals surface area contributed by atoms with Crippen LogP contribution in [0.1, 0.15) is 35.5 Å². The Morgan fingerprint density at radius 3 is 2.48 bits per heavy atom. The molecule has 1 saturated heterocycles. The maximum Gasteiger partial charge on any atom is 0.383 e. The monoisotopic (exact) mass is 367 g/mol. The minimum Gasteiger partial charge on any atom is -0.390 e. The number of hydrogen-bond donors (Lipinski definition) is 2. The Morgan fingerprint density at radius 2 is 2.00 bits per heavy atom. The van der Waals surface area contributed by atoms with Crippen molar-refractivity contribution in [1.82, 2.24) is 5.32 Å². The maximum absolute atomic E-state index is 11.1. The van der Waals surface area contributed by atoms with E-state index in [2.05, 4.69) is 10.1 Å². The average molecular weight is 367 g/mol. The number of rotatable bonds is 3. The zero-order chi connectivity index (χ0) is 18.6. The smallest absolute Gasteiger partial charge is 0.383 e. The third-order valence-electron chi connectivity index (χ3n) is 3.61. The number of hydrogen-bond acceptors (Lipinski definition) is 8. The van der Waals surface area contributed by atoms with E-state index in [1.54, 1.807) is 0 Å². The van der Waals surface area contributed by atoms with Gasteiger partial charge < -0.3 is 15.8 Å². The number of carbonyl (C=O) groups is 3. The van der Waals surface area contributed by atoms with Crippen molar-refractivity contribution in [1.29, 1.82) is 0 Å². The number of esters is 1. The SMILES string of the molecule is CC(=O)SC1CNC(C(N)=O)C1.O=C1OC([N+](=O)[O-])c2ccc1cc2. The molecule has 1 aromatic carbocycles. The fourth-order valence-corrected chi connectivity index (χ4v) is 3.37. The highest BCUT2D eigenvalue weighted by Crippen LogP contribution is 2.24. The van der Waals surface area contributed by atoms with Crippen molar-refractivity contribution in [3.05, 3.63) is 45.5 Å². The fraction of sp³-hybridized carbons (Fsp3) is 0.400. The molecule has 2 bridgehead atoms. The molecule has 1 amide bonds. The van der Waals surface area contributed by atoms with Gasteiger partial charge in [-0.25, -0.2) is 4.79 Å². The largest absolute Gasteiger partial charge is 0.390 e. The van der Waals surface area contributed by atoms with Crippen LogP contribution in [0.25, 0.3) is 0 Å². The van der Waals surface area contributed by atoms with E-state index in [9.17, 15) is 24.5 Å². The first-order valence-electron chi connectivity index (χ1n) is 7.42. The second-order valence-electron chi connectivity index (χ2n) is 5.50. The molecule has 134 valence electrons. The van der Waals surface area contributed by atoms with Crippen molar-refractivity contribution in [2.45, 2.75) is 30.9 Å². The summed E-state index contributed by atoms with van der Waals surface area (Å²) < 4.78 is 4.62. The van der Waals surface area contributed by atoms with Gasteiger partial charge in [0.15, 0.2) is 5.12 Å². The van der Waals surface area contributed by atoms with Crippen LogP contribution in [0.2, 0.25) is 0 Å². The molecule has 0 saturated carbocycles. The summed E-state index contributed by atoms with van der Waals surface area (Å²) in [6, 6.07) is 5.82. The van der Waals surface area contributed by atoms with Gasteiger partial charge in [0, 0.05) is 18.7 Å². The number of carbonyl (C=O) groups excluding carboxylic acids is 3. The quantitative estimate of drug-likeness (QED) is 0.450. The van der Waals surface area contributed by atoms with Crippen LogP contribution < -0.4 is 11.1 Å². The first-order chi connectivity index (χ1) is 11.8. The molecule has 10 heteroatoms. The summed E-state index contributed by atoms with van der Waals surface area (Å²) in [5.41, 5.74) is 5.82. The molecule has 4 rings (SSSR count). The van der Waals surface area contributed by atoms with E-state index in [0.717, 1.165) is 0 Å². The molecular formula is C15H17N3O6S. The second-order valence-corrected chi connectivity index (χ2v) is 6.97. The van der Waals surface area contributed by atoms with Crippen LogP contribution in [-0.4, -0.2) is 39.8 Å². The molecule has 3 aliphatic rings. The normalized spacial score (nSPS) is 23.9. The van der Waals surface area contributed by atoms with Crippen molar-refractivity contribution in [2.24, 2.45) is 5.73 Å². The Hall–Kier alpha value is -2.46. The number of benzene rings is 1. The maximum atomic E-state index is 11.1. The van der Waals surface area contributed by atoms with E-state index in [4.69, 9.17) is 5.73 Å². The van der Waals surface area contributed by atoms with Gasteiger partial charge in [-0.1, -0.05) is 11.8 Å². The van der Waals surface area contributed by atoms with Crippen molar-refractivity contribution >= 4 is 28.8 Å². The number of nitrogens with zero attached hydrogens (tertiary/aromatic N) is 1. The lowest BCUT2D eigenvalue weighted by molar-refractivity contribution is -0.574. The fourth-order valence-electron chi connectivity index (χ4n) is 2.43. The summed E-state index contributed by atoms with van der Waals surface area (Å²) in [5, 5.41) is 13.7. The Bertz CT molecular complexity index is 693. The molecule has 1 fully saturated rings. The number of primary amides is 1. The lowest BCUT2D eigenvalue weighted by atomic mass is 10.1. The predicted octanol–water partition coefficient (Wildman–Crippen LogP) is 0.614. The molecule has 3 unspecified atom stereocenters. The van der Waals surface area contributed by atoms with E-state index in [-0.39, 0.29) is 22.3 Å². The van der Waals surface area contributed by atoms with Gasteiger partial charge in [-0.05, 0) is 30.7 Å². The van der Waals surface area contributed by atoms with Gasteiger partial charge in [-0.15, -0.1) is 0 Å². The highest BCUT2D eigenvalue weighted by atomic mass is 32.2. The summed E-state index contributed by atoms with van der Waals surface area (Å²) in [6.07, 6.45) is -0.695. The number of nitrogens with two attached hydrogens (primary N) is 1. The molecule has 0 spiro atoms. The zero-order valence-electron chi connectivity index (χ0n) is 13.3. The summed E-state index contributed by atoms with van der Waals surface area (Å²) in [5.74, 6) is -0.983. The van der Waals surface area contributed by atoms with Gasteiger partial charge in [0.05, 0.1) is 22.1 Å². The minimum absolute atomic E-state index is 0.0897. The highest BCUT2D eigenvalue weighted by molar-refractivity contribution is 8.14. The molecule has 3 N–H and O–H groups in total. The summed E-state index contributed by atoms with van der Waals surface area (Å²) >= 11 is 1.27. The molecule has 0 aliphatic carbocycles. The third-order valence-corrected chi connectivity index (χ3v) is 4.63. The van der Waals surface area contributed by atoms with Crippen molar-refractivity contribution < 1.29 is 24.0 Å². The number of thioether (sulfide) groups is 1. The van der Waals surface area contributed by atoms with Crippen LogP contribution in [0.5, 0.6) is 0 Å². The van der Waals surface area contributed by atoms with E-state index in [1.807, 2.05) is 0 Å². The van der Waals surface area contributed by atoms with Gasteiger partial charge >= 0.3 is 12.2 Å². The van der Waals surface area contributed by atoms with Crippen LogP contribution in [-0.2, 0) is 14.3 Å². The molecule has 25 heavy (non-hydrogen) atoms. The van der Waals surface area contributed by atoms with Crippen LogP contribution in [0.3, 0.4) is 0 Å². The summed E-state index contributed by atoms with van der Waals surface area (Å²) in [7, 11) is 0. The van der Waals surface area contributed by atoms with Gasteiger partial charge in [-0.2, -0.15) is 0 Å². The zero-order valence-corrected chi connectivity index (χ0v) is 14.2. The highest BCUT2D eigenvalue weighted by Gasteiger charge is 2.31. The van der Waals surface area contributed by atoms with Crippen molar-refractivity contribution in [2.75, 3.05) is 6.54 Å². The molecule has 3 heterocycles. The first kappa shape index (κ1) is 18.9. The van der Waals surface area contributed by atoms with E-state index >= 15 is 0 Å². The molecule has 1 aromatic rings. The summed E-state index contributed by atoms with van der Waals surface area (Å²) in [6.45, 7) is 2.22. The van der Waals surface area contributed by atoms with Crippen LogP contribution in [0, 0.1) is 10.1 Å². The molecular weight excluding hydrogens is 350 g/mol. The first-order valence-corrected chi connectivity index (χ1v) is 8.30. The van der Waals surface area contributed by atoms with E-state index in [1.165, 1.54) is 43.0 Å². The Balaban J connectivity index is 0.000000181. The predicted molar refractivity (Wildman–Crippen MR) is 89.3 cm³/mol. The summed E-state index contributed by atoms with van der Waals surface area (Å²) in [4.78, 5) is 42.3. The molecule has 0 radical (unpaired) electrons. The number of amides is 1. The van der Waals surface area contributed by atoms with Crippen molar-refractivity contribution in [3.63, 3.8) is 0 Å².